The summed E-state index contributed by atoms with van der Waals surface area (Å²) < 4.78 is 5.77. The molecule has 1 atom stereocenters. The van der Waals surface area contributed by atoms with Crippen molar-refractivity contribution in [2.75, 3.05) is 5.32 Å². The highest BCUT2D eigenvalue weighted by molar-refractivity contribution is 6.14. The summed E-state index contributed by atoms with van der Waals surface area (Å²) in [6.07, 6.45) is -0.706. The Morgan fingerprint density at radius 1 is 0.857 bits per heavy atom. The van der Waals surface area contributed by atoms with Gasteiger partial charge in [-0.25, -0.2) is 0 Å². The number of carbonyl (C=O) groups is 2. The lowest BCUT2D eigenvalue weighted by atomic mass is 10.0. The molecular weight excluding hydrogens is 350 g/mol. The van der Waals surface area contributed by atoms with E-state index in [2.05, 4.69) is 5.32 Å². The highest BCUT2D eigenvalue weighted by Crippen LogP contribution is 2.21. The number of nitrogens with one attached hydrogen (secondary N) is 1. The third kappa shape index (κ3) is 4.46. The van der Waals surface area contributed by atoms with Gasteiger partial charge in [-0.1, -0.05) is 48.5 Å². The second-order valence-corrected chi connectivity index (χ2v) is 6.74. The molecule has 0 aliphatic rings. The van der Waals surface area contributed by atoms with Crippen LogP contribution in [0.3, 0.4) is 0 Å². The summed E-state index contributed by atoms with van der Waals surface area (Å²) in [5.41, 5.74) is 3.75. The maximum absolute atomic E-state index is 12.8. The number of rotatable bonds is 6. The number of amides is 1. The van der Waals surface area contributed by atoms with Gasteiger partial charge >= 0.3 is 0 Å². The van der Waals surface area contributed by atoms with Crippen LogP contribution in [0.2, 0.25) is 0 Å². The lowest BCUT2D eigenvalue weighted by molar-refractivity contribution is -0.122. The molecule has 0 heterocycles. The van der Waals surface area contributed by atoms with Gasteiger partial charge in [-0.05, 0) is 56.2 Å². The Kier molecular flexibility index (Phi) is 5.90. The van der Waals surface area contributed by atoms with Crippen LogP contribution >= 0.6 is 0 Å². The van der Waals surface area contributed by atoms with Crippen LogP contribution in [0, 0.1) is 13.8 Å². The van der Waals surface area contributed by atoms with E-state index in [0.717, 1.165) is 11.1 Å². The number of ether oxygens (including phenoxy) is 1. The van der Waals surface area contributed by atoms with Crippen molar-refractivity contribution in [1.29, 1.82) is 0 Å². The van der Waals surface area contributed by atoms with E-state index < -0.39 is 6.10 Å². The zero-order chi connectivity index (χ0) is 20.1. The molecule has 0 aliphatic carbocycles. The number of hydrogen-bond donors (Lipinski definition) is 1. The first-order valence-electron chi connectivity index (χ1n) is 9.19. The monoisotopic (exact) mass is 373 g/mol. The second kappa shape index (κ2) is 8.53. The lowest BCUT2D eigenvalue weighted by Crippen LogP contribution is -2.30. The predicted octanol–water partition coefficient (Wildman–Crippen LogP) is 4.94. The highest BCUT2D eigenvalue weighted by Gasteiger charge is 2.19. The Labute approximate surface area is 165 Å². The number of carbonyl (C=O) groups excluding carboxylic acids is 2. The summed E-state index contributed by atoms with van der Waals surface area (Å²) >= 11 is 0. The van der Waals surface area contributed by atoms with Crippen LogP contribution in [0.25, 0.3) is 0 Å². The Hall–Kier alpha value is -3.40. The van der Waals surface area contributed by atoms with Crippen LogP contribution in [-0.4, -0.2) is 17.8 Å². The van der Waals surface area contributed by atoms with Crippen LogP contribution in [0.1, 0.15) is 34.0 Å². The molecule has 0 bridgehead atoms. The highest BCUT2D eigenvalue weighted by atomic mass is 16.5. The second-order valence-electron chi connectivity index (χ2n) is 6.74. The average Bonchev–Trinajstić information content (AvgIpc) is 2.71. The smallest absolute Gasteiger partial charge is 0.265 e. The van der Waals surface area contributed by atoms with E-state index in [0.29, 0.717) is 22.6 Å². The number of aryl methyl sites for hydroxylation is 2. The number of ketones is 1. The van der Waals surface area contributed by atoms with E-state index >= 15 is 0 Å². The van der Waals surface area contributed by atoms with Gasteiger partial charge in [0.2, 0.25) is 0 Å². The van der Waals surface area contributed by atoms with Crippen LogP contribution < -0.4 is 10.1 Å². The molecule has 3 aromatic carbocycles. The fourth-order valence-electron chi connectivity index (χ4n) is 2.81. The van der Waals surface area contributed by atoms with Crippen molar-refractivity contribution in [3.8, 4) is 5.75 Å². The third-order valence-electron chi connectivity index (χ3n) is 4.63. The molecular formula is C24H23NO3. The first-order valence-corrected chi connectivity index (χ1v) is 9.19. The Balaban J connectivity index is 1.75. The van der Waals surface area contributed by atoms with Crippen LogP contribution in [0.4, 0.5) is 5.69 Å². The Morgan fingerprint density at radius 3 is 2.25 bits per heavy atom. The van der Waals surface area contributed by atoms with Crippen molar-refractivity contribution in [3.63, 3.8) is 0 Å². The van der Waals surface area contributed by atoms with Crippen LogP contribution in [0.15, 0.2) is 72.8 Å². The predicted molar refractivity (Wildman–Crippen MR) is 111 cm³/mol. The van der Waals surface area contributed by atoms with E-state index in [-0.39, 0.29) is 11.7 Å². The number of benzene rings is 3. The quantitative estimate of drug-likeness (QED) is 0.623. The fourth-order valence-corrected chi connectivity index (χ4v) is 2.81. The summed E-state index contributed by atoms with van der Waals surface area (Å²) in [6, 6.07) is 21.7. The molecule has 1 unspecified atom stereocenters. The molecule has 4 nitrogen and oxygen atoms in total. The molecule has 0 saturated carbocycles. The molecule has 142 valence electrons. The van der Waals surface area contributed by atoms with Crippen molar-refractivity contribution in [3.05, 3.63) is 95.1 Å². The van der Waals surface area contributed by atoms with E-state index in [1.54, 1.807) is 43.3 Å². The minimum absolute atomic E-state index is 0.140. The van der Waals surface area contributed by atoms with Crippen molar-refractivity contribution < 1.29 is 14.3 Å². The van der Waals surface area contributed by atoms with Crippen molar-refractivity contribution >= 4 is 17.4 Å². The van der Waals surface area contributed by atoms with Crippen molar-refractivity contribution in [2.24, 2.45) is 0 Å². The molecule has 0 spiro atoms. The normalized spacial score (nSPS) is 11.5. The first-order chi connectivity index (χ1) is 13.5. The van der Waals surface area contributed by atoms with E-state index in [4.69, 9.17) is 4.74 Å². The molecule has 4 heteroatoms. The molecule has 3 aromatic rings. The van der Waals surface area contributed by atoms with E-state index in [1.165, 1.54) is 0 Å². The van der Waals surface area contributed by atoms with Gasteiger partial charge in [0, 0.05) is 11.1 Å². The topological polar surface area (TPSA) is 55.4 Å². The SMILES string of the molecule is Cc1ccc(OC(C)C(=O)Nc2ccccc2C(=O)c2ccccc2)cc1C. The zero-order valence-corrected chi connectivity index (χ0v) is 16.2. The molecule has 0 saturated heterocycles. The minimum atomic E-state index is -0.706. The molecule has 0 radical (unpaired) electrons. The van der Waals surface area contributed by atoms with E-state index in [1.807, 2.05) is 50.2 Å². The van der Waals surface area contributed by atoms with Crippen LogP contribution in [-0.2, 0) is 4.79 Å². The summed E-state index contributed by atoms with van der Waals surface area (Å²) in [5, 5.41) is 2.82. The Morgan fingerprint density at radius 2 is 1.54 bits per heavy atom. The standard InChI is InChI=1S/C24H23NO3/c1-16-13-14-20(15-17(16)2)28-18(3)24(27)25-22-12-8-7-11-21(22)23(26)19-9-5-4-6-10-19/h4-15,18H,1-3H3,(H,25,27). The molecule has 1 amide bonds. The van der Waals surface area contributed by atoms with Crippen LogP contribution in [0.5, 0.6) is 5.75 Å². The van der Waals surface area contributed by atoms with Gasteiger partial charge in [0.05, 0.1) is 5.69 Å². The molecule has 3 rings (SSSR count). The molecule has 28 heavy (non-hydrogen) atoms. The molecule has 0 aliphatic heterocycles. The van der Waals surface area contributed by atoms with Gasteiger partial charge in [-0.2, -0.15) is 0 Å². The minimum Gasteiger partial charge on any atom is -0.481 e. The van der Waals surface area contributed by atoms with Crippen molar-refractivity contribution in [1.82, 2.24) is 0 Å². The lowest BCUT2D eigenvalue weighted by Gasteiger charge is -2.17. The van der Waals surface area contributed by atoms with E-state index in [9.17, 15) is 9.59 Å². The number of anilines is 1. The van der Waals surface area contributed by atoms with Crippen molar-refractivity contribution in [2.45, 2.75) is 26.9 Å². The number of para-hydroxylation sites is 1. The molecule has 0 aromatic heterocycles. The first kappa shape index (κ1) is 19.4. The summed E-state index contributed by atoms with van der Waals surface area (Å²) in [4.78, 5) is 25.4. The van der Waals surface area contributed by atoms with Gasteiger partial charge in [0.15, 0.2) is 11.9 Å². The largest absolute Gasteiger partial charge is 0.481 e. The van der Waals surface area contributed by atoms with Gasteiger partial charge in [-0.3, -0.25) is 9.59 Å². The van der Waals surface area contributed by atoms with Gasteiger partial charge in [-0.15, -0.1) is 0 Å². The average molecular weight is 373 g/mol. The molecule has 0 fully saturated rings. The fraction of sp³-hybridized carbons (Fsp3) is 0.167. The van der Waals surface area contributed by atoms with Gasteiger partial charge in [0.25, 0.3) is 5.91 Å². The number of hydrogen-bond acceptors (Lipinski definition) is 3. The van der Waals surface area contributed by atoms with Gasteiger partial charge in [0.1, 0.15) is 5.75 Å². The maximum atomic E-state index is 12.8. The third-order valence-corrected chi connectivity index (χ3v) is 4.63. The maximum Gasteiger partial charge on any atom is 0.265 e. The summed E-state index contributed by atoms with van der Waals surface area (Å²) in [5.74, 6) is 0.185. The summed E-state index contributed by atoms with van der Waals surface area (Å²) in [7, 11) is 0. The van der Waals surface area contributed by atoms with Gasteiger partial charge < -0.3 is 10.1 Å². The molecule has 1 N–H and O–H groups in total. The Bertz CT molecular complexity index is 996. The zero-order valence-electron chi connectivity index (χ0n) is 16.2. The summed E-state index contributed by atoms with van der Waals surface area (Å²) in [6.45, 7) is 5.71.